The summed E-state index contributed by atoms with van der Waals surface area (Å²) < 4.78 is 46.3. The number of methoxy groups -OCH3 is 1. The van der Waals surface area contributed by atoms with E-state index in [-0.39, 0.29) is 19.4 Å². The van der Waals surface area contributed by atoms with Gasteiger partial charge in [0.2, 0.25) is 11.8 Å². The fourth-order valence-corrected chi connectivity index (χ4v) is 3.91. The quantitative estimate of drug-likeness (QED) is 0.380. The predicted molar refractivity (Wildman–Crippen MR) is 133 cm³/mol. The molecule has 1 aromatic heterocycles. The number of imidazole rings is 1. The van der Waals surface area contributed by atoms with Crippen LogP contribution in [-0.4, -0.2) is 46.1 Å². The van der Waals surface area contributed by atoms with E-state index in [1.807, 2.05) is 0 Å². The number of hydrogen-bond acceptors (Lipinski definition) is 4. The fraction of sp³-hybridized carbons (Fsp3) is 0.346. The molecule has 11 heteroatoms. The zero-order valence-electron chi connectivity index (χ0n) is 20.5. The van der Waals surface area contributed by atoms with Crippen LogP contribution in [0.25, 0.3) is 0 Å². The van der Waals surface area contributed by atoms with Crippen molar-refractivity contribution in [3.63, 3.8) is 0 Å². The third kappa shape index (κ3) is 8.24. The lowest BCUT2D eigenvalue weighted by atomic mass is 10.1. The standard InChI is InChI=1S/C26H28ClF3N4O3/c1-33-17-31-16-22(33)24(25(36)32-15-19-3-8-20(27)9-4-19)34(14-13-26(28,29)30)23(35)12-7-18-5-10-21(37-2)11-6-18/h3-6,8-11,16-17,24H,7,12-15H2,1-2H3,(H,32,36). The van der Waals surface area contributed by atoms with Gasteiger partial charge in [-0.05, 0) is 41.8 Å². The predicted octanol–water partition coefficient (Wildman–Crippen LogP) is 4.85. The maximum atomic E-state index is 13.4. The molecule has 1 heterocycles. The van der Waals surface area contributed by atoms with Crippen molar-refractivity contribution in [3.05, 3.63) is 82.9 Å². The molecule has 1 N–H and O–H groups in total. The van der Waals surface area contributed by atoms with Crippen LogP contribution in [0.15, 0.2) is 61.1 Å². The molecule has 3 rings (SSSR count). The Bertz CT molecular complexity index is 1180. The second kappa shape index (κ2) is 12.6. The van der Waals surface area contributed by atoms with Crippen LogP contribution in [0.5, 0.6) is 5.75 Å². The summed E-state index contributed by atoms with van der Waals surface area (Å²) in [7, 11) is 3.15. The Kier molecular flexibility index (Phi) is 9.57. The summed E-state index contributed by atoms with van der Waals surface area (Å²) in [5.41, 5.74) is 1.86. The SMILES string of the molecule is COc1ccc(CCC(=O)N(CCC(F)(F)F)C(C(=O)NCc2ccc(Cl)cc2)c2cncn2C)cc1. The monoisotopic (exact) mass is 536 g/mol. The highest BCUT2D eigenvalue weighted by atomic mass is 35.5. The normalized spacial score (nSPS) is 12.2. The van der Waals surface area contributed by atoms with E-state index in [0.29, 0.717) is 16.5 Å². The van der Waals surface area contributed by atoms with Gasteiger partial charge in [0.05, 0.1) is 31.7 Å². The number of aryl methyl sites for hydroxylation is 2. The van der Waals surface area contributed by atoms with E-state index in [9.17, 15) is 22.8 Å². The molecule has 0 spiro atoms. The van der Waals surface area contributed by atoms with Crippen LogP contribution in [0.2, 0.25) is 5.02 Å². The molecule has 3 aromatic rings. The van der Waals surface area contributed by atoms with Gasteiger partial charge in [0.15, 0.2) is 6.04 Å². The lowest BCUT2D eigenvalue weighted by Crippen LogP contribution is -2.45. The number of benzene rings is 2. The van der Waals surface area contributed by atoms with Crippen LogP contribution in [-0.2, 0) is 29.6 Å². The zero-order valence-corrected chi connectivity index (χ0v) is 21.2. The number of alkyl halides is 3. The molecule has 0 aliphatic rings. The topological polar surface area (TPSA) is 76.5 Å². The molecule has 7 nitrogen and oxygen atoms in total. The molecule has 0 saturated carbocycles. The minimum Gasteiger partial charge on any atom is -0.497 e. The largest absolute Gasteiger partial charge is 0.497 e. The summed E-state index contributed by atoms with van der Waals surface area (Å²) in [5, 5.41) is 3.27. The maximum absolute atomic E-state index is 13.4. The molecule has 0 aliphatic carbocycles. The minimum atomic E-state index is -4.51. The average Bonchev–Trinajstić information content (AvgIpc) is 3.29. The van der Waals surface area contributed by atoms with Crippen molar-refractivity contribution in [2.75, 3.05) is 13.7 Å². The molecule has 0 aliphatic heterocycles. The van der Waals surface area contributed by atoms with Crippen molar-refractivity contribution in [1.29, 1.82) is 0 Å². The van der Waals surface area contributed by atoms with Gasteiger partial charge in [0.25, 0.3) is 0 Å². The Morgan fingerprint density at radius 3 is 2.32 bits per heavy atom. The van der Waals surface area contributed by atoms with Crippen molar-refractivity contribution >= 4 is 23.4 Å². The second-order valence-corrected chi connectivity index (χ2v) is 8.91. The molecule has 37 heavy (non-hydrogen) atoms. The van der Waals surface area contributed by atoms with Crippen LogP contribution >= 0.6 is 11.6 Å². The average molecular weight is 537 g/mol. The van der Waals surface area contributed by atoms with Crippen LogP contribution < -0.4 is 10.1 Å². The van der Waals surface area contributed by atoms with E-state index in [4.69, 9.17) is 16.3 Å². The summed E-state index contributed by atoms with van der Waals surface area (Å²) in [6.07, 6.45) is -2.74. The van der Waals surface area contributed by atoms with Gasteiger partial charge in [-0.2, -0.15) is 13.2 Å². The summed E-state index contributed by atoms with van der Waals surface area (Å²) in [4.78, 5) is 31.7. The lowest BCUT2D eigenvalue weighted by molar-refractivity contribution is -0.152. The summed E-state index contributed by atoms with van der Waals surface area (Å²) >= 11 is 5.91. The molecule has 1 unspecified atom stereocenters. The third-order valence-electron chi connectivity index (χ3n) is 5.82. The van der Waals surface area contributed by atoms with Gasteiger partial charge in [-0.15, -0.1) is 0 Å². The van der Waals surface area contributed by atoms with Crippen LogP contribution in [0.1, 0.15) is 35.7 Å². The molecule has 0 saturated heterocycles. The second-order valence-electron chi connectivity index (χ2n) is 8.48. The Morgan fingerprint density at radius 2 is 1.76 bits per heavy atom. The Balaban J connectivity index is 1.84. The van der Waals surface area contributed by atoms with E-state index < -0.39 is 37.0 Å². The number of aromatic nitrogens is 2. The number of nitrogens with zero attached hydrogens (tertiary/aromatic N) is 3. The fourth-order valence-electron chi connectivity index (χ4n) is 3.79. The smallest absolute Gasteiger partial charge is 0.390 e. The number of amides is 2. The number of nitrogens with one attached hydrogen (secondary N) is 1. The third-order valence-corrected chi connectivity index (χ3v) is 6.07. The molecular weight excluding hydrogens is 509 g/mol. The van der Waals surface area contributed by atoms with Gasteiger partial charge in [-0.1, -0.05) is 35.9 Å². The van der Waals surface area contributed by atoms with Crippen molar-refractivity contribution in [1.82, 2.24) is 19.8 Å². The van der Waals surface area contributed by atoms with Gasteiger partial charge in [-0.25, -0.2) is 4.98 Å². The van der Waals surface area contributed by atoms with Crippen LogP contribution in [0, 0.1) is 0 Å². The van der Waals surface area contributed by atoms with E-state index in [1.165, 1.54) is 24.2 Å². The molecular formula is C26H28ClF3N4O3. The van der Waals surface area contributed by atoms with Gasteiger partial charge in [-0.3, -0.25) is 9.59 Å². The number of carbonyl (C=O) groups excluding carboxylic acids is 2. The number of carbonyl (C=O) groups is 2. The van der Waals surface area contributed by atoms with E-state index in [2.05, 4.69) is 10.3 Å². The summed E-state index contributed by atoms with van der Waals surface area (Å²) in [6.45, 7) is -0.563. The molecule has 2 amide bonds. The van der Waals surface area contributed by atoms with Gasteiger partial charge in [0.1, 0.15) is 5.75 Å². The Hall–Kier alpha value is -3.53. The molecule has 0 bridgehead atoms. The minimum absolute atomic E-state index is 0.0804. The number of rotatable bonds is 11. The van der Waals surface area contributed by atoms with Crippen molar-refractivity contribution in [2.45, 2.75) is 38.0 Å². The summed E-state index contributed by atoms with van der Waals surface area (Å²) in [5.74, 6) is -0.540. The van der Waals surface area contributed by atoms with E-state index in [1.54, 1.807) is 55.6 Å². The molecule has 198 valence electrons. The highest BCUT2D eigenvalue weighted by Crippen LogP contribution is 2.27. The van der Waals surface area contributed by atoms with Crippen LogP contribution in [0.4, 0.5) is 13.2 Å². The number of halogens is 4. The Labute approximate surface area is 218 Å². The first-order chi connectivity index (χ1) is 17.6. The highest BCUT2D eigenvalue weighted by molar-refractivity contribution is 6.30. The molecule has 0 radical (unpaired) electrons. The van der Waals surface area contributed by atoms with Gasteiger partial charge in [0, 0.05) is 31.6 Å². The molecule has 0 fully saturated rings. The van der Waals surface area contributed by atoms with Gasteiger partial charge >= 0.3 is 6.18 Å². The van der Waals surface area contributed by atoms with Crippen molar-refractivity contribution in [2.24, 2.45) is 7.05 Å². The molecule has 1 atom stereocenters. The lowest BCUT2D eigenvalue weighted by Gasteiger charge is -2.31. The van der Waals surface area contributed by atoms with E-state index >= 15 is 0 Å². The van der Waals surface area contributed by atoms with Crippen molar-refractivity contribution in [3.8, 4) is 5.75 Å². The Morgan fingerprint density at radius 1 is 1.11 bits per heavy atom. The highest BCUT2D eigenvalue weighted by Gasteiger charge is 2.36. The zero-order chi connectivity index (χ0) is 27.0. The number of hydrogen-bond donors (Lipinski definition) is 1. The van der Waals surface area contributed by atoms with Crippen LogP contribution in [0.3, 0.4) is 0 Å². The maximum Gasteiger partial charge on any atom is 0.390 e. The van der Waals surface area contributed by atoms with Crippen molar-refractivity contribution < 1.29 is 27.5 Å². The van der Waals surface area contributed by atoms with E-state index in [0.717, 1.165) is 16.0 Å². The van der Waals surface area contributed by atoms with Gasteiger partial charge < -0.3 is 19.5 Å². The number of ether oxygens (including phenoxy) is 1. The molecule has 2 aromatic carbocycles. The first-order valence-corrected chi connectivity index (χ1v) is 11.9. The first kappa shape index (κ1) is 28.0. The first-order valence-electron chi connectivity index (χ1n) is 11.5. The summed E-state index contributed by atoms with van der Waals surface area (Å²) in [6, 6.07) is 12.5.